The van der Waals surface area contributed by atoms with Gasteiger partial charge in [-0.3, -0.25) is 14.4 Å². The van der Waals surface area contributed by atoms with Crippen LogP contribution in [0.3, 0.4) is 0 Å². The summed E-state index contributed by atoms with van der Waals surface area (Å²) in [5, 5.41) is 67.3. The smallest absolute Gasteiger partial charge is 0.336 e. The molecule has 0 radical (unpaired) electrons. The van der Waals surface area contributed by atoms with Gasteiger partial charge in [0.1, 0.15) is 17.4 Å². The summed E-state index contributed by atoms with van der Waals surface area (Å²) in [5.74, 6) is -7.25. The van der Waals surface area contributed by atoms with E-state index in [0.29, 0.717) is 0 Å². The van der Waals surface area contributed by atoms with Gasteiger partial charge in [0.15, 0.2) is 46.1 Å². The van der Waals surface area contributed by atoms with Crippen molar-refractivity contribution in [2.45, 2.75) is 12.5 Å². The van der Waals surface area contributed by atoms with E-state index in [-0.39, 0.29) is 50.8 Å². The largest absolute Gasteiger partial charge is 0.504 e. The molecule has 7 N–H and O–H groups in total. The normalized spacial score (nSPS) is 14.9. The number of phenolic OH excluding ortho intramolecular Hbond substituents is 5. The standard InChI is InChI=1S/C18H16O9.C15H12O5/c1-26-18-11(21)6-12-14(16(18)25)15(24)8(5-13(22)23)17(27-12)7-2-3-9(19)10(20)4-7;1-20-13-7-6-9(8-12(13)16)14(17)10-4-2-3-5-11(10)15(18)19/h2-4,6,8,17,19-21,25H,5H2,1H3,(H,22,23);2-8,16H,1H3,(H,18,19). The van der Waals surface area contributed by atoms with Gasteiger partial charge in [-0.1, -0.05) is 24.3 Å². The first-order valence-electron chi connectivity index (χ1n) is 13.6. The third kappa shape index (κ3) is 6.81. The van der Waals surface area contributed by atoms with Crippen LogP contribution >= 0.6 is 0 Å². The molecule has 5 rings (SSSR count). The first kappa shape index (κ1) is 33.5. The molecule has 4 aromatic carbocycles. The van der Waals surface area contributed by atoms with E-state index in [2.05, 4.69) is 0 Å². The molecule has 14 heteroatoms. The molecule has 0 saturated carbocycles. The van der Waals surface area contributed by atoms with Crippen molar-refractivity contribution >= 4 is 23.5 Å². The molecular formula is C33H28O14. The zero-order chi connectivity index (χ0) is 34.6. The number of carbonyl (C=O) groups excluding carboxylic acids is 2. The highest BCUT2D eigenvalue weighted by atomic mass is 16.5. The topological polar surface area (TPSA) is 238 Å². The summed E-state index contributed by atoms with van der Waals surface area (Å²) in [6.45, 7) is 0. The Morgan fingerprint density at radius 3 is 2.02 bits per heavy atom. The van der Waals surface area contributed by atoms with Crippen LogP contribution in [0.15, 0.2) is 66.7 Å². The predicted octanol–water partition coefficient (Wildman–Crippen LogP) is 4.25. The van der Waals surface area contributed by atoms with Crippen LogP contribution in [0.5, 0.6) is 46.0 Å². The fraction of sp³-hybridized carbons (Fsp3) is 0.152. The van der Waals surface area contributed by atoms with Gasteiger partial charge in [-0.25, -0.2) is 4.79 Å². The number of phenols is 5. The van der Waals surface area contributed by atoms with E-state index in [0.717, 1.165) is 12.1 Å². The first-order chi connectivity index (χ1) is 22.3. The van der Waals surface area contributed by atoms with E-state index in [1.54, 1.807) is 12.1 Å². The number of aromatic hydroxyl groups is 5. The summed E-state index contributed by atoms with van der Waals surface area (Å²) in [7, 11) is 2.59. The number of rotatable bonds is 8. The lowest BCUT2D eigenvalue weighted by Crippen LogP contribution is -2.33. The minimum absolute atomic E-state index is 0.0737. The Morgan fingerprint density at radius 2 is 1.45 bits per heavy atom. The quantitative estimate of drug-likeness (QED) is 0.104. The van der Waals surface area contributed by atoms with E-state index in [4.69, 9.17) is 19.3 Å². The van der Waals surface area contributed by atoms with Crippen LogP contribution in [0.2, 0.25) is 0 Å². The number of carboxylic acid groups (broad SMARTS) is 2. The van der Waals surface area contributed by atoms with E-state index in [9.17, 15) is 49.8 Å². The van der Waals surface area contributed by atoms with Crippen molar-refractivity contribution in [2.24, 2.45) is 5.92 Å². The summed E-state index contributed by atoms with van der Waals surface area (Å²) in [4.78, 5) is 47.6. The van der Waals surface area contributed by atoms with Crippen molar-refractivity contribution in [1.82, 2.24) is 0 Å². The van der Waals surface area contributed by atoms with E-state index in [1.807, 2.05) is 0 Å². The Labute approximate surface area is 265 Å². The van der Waals surface area contributed by atoms with Crippen LogP contribution in [0, 0.1) is 5.92 Å². The molecule has 0 bridgehead atoms. The first-order valence-corrected chi connectivity index (χ1v) is 13.6. The van der Waals surface area contributed by atoms with Crippen LogP contribution in [0.1, 0.15) is 54.7 Å². The van der Waals surface area contributed by atoms with Crippen LogP contribution < -0.4 is 14.2 Å². The molecule has 1 heterocycles. The van der Waals surface area contributed by atoms with Gasteiger partial charge in [-0.05, 0) is 42.0 Å². The molecule has 244 valence electrons. The van der Waals surface area contributed by atoms with Crippen LogP contribution in [0.25, 0.3) is 0 Å². The molecule has 14 nitrogen and oxygen atoms in total. The molecular weight excluding hydrogens is 620 g/mol. The maximum absolute atomic E-state index is 12.9. The third-order valence-corrected chi connectivity index (χ3v) is 7.17. The fourth-order valence-corrected chi connectivity index (χ4v) is 4.95. The number of hydrogen-bond acceptors (Lipinski definition) is 12. The highest BCUT2D eigenvalue weighted by Crippen LogP contribution is 2.50. The van der Waals surface area contributed by atoms with Crippen molar-refractivity contribution in [3.63, 3.8) is 0 Å². The van der Waals surface area contributed by atoms with Crippen LogP contribution in [-0.4, -0.2) is 73.5 Å². The molecule has 0 aliphatic carbocycles. The van der Waals surface area contributed by atoms with Crippen molar-refractivity contribution in [3.8, 4) is 46.0 Å². The number of aromatic carboxylic acids is 1. The Hall–Kier alpha value is -6.44. The number of methoxy groups -OCH3 is 2. The molecule has 0 aromatic heterocycles. The predicted molar refractivity (Wildman–Crippen MR) is 161 cm³/mol. The van der Waals surface area contributed by atoms with Crippen molar-refractivity contribution in [3.05, 3.63) is 94.5 Å². The molecule has 0 spiro atoms. The SMILES string of the molecule is COc1c(O)cc2c(c1O)C(=O)C(CC(=O)O)C(c1ccc(O)c(O)c1)O2.COc1ccc(C(=O)c2ccccc2C(=O)O)cc1O. The average molecular weight is 649 g/mol. The lowest BCUT2D eigenvalue weighted by Gasteiger charge is -2.33. The Bertz CT molecular complexity index is 1880. The Kier molecular flexibility index (Phi) is 9.74. The molecule has 2 unspecified atom stereocenters. The summed E-state index contributed by atoms with van der Waals surface area (Å²) in [6.07, 6.45) is -1.73. The van der Waals surface area contributed by atoms with Gasteiger partial charge in [-0.2, -0.15) is 0 Å². The highest BCUT2D eigenvalue weighted by Gasteiger charge is 2.42. The van der Waals surface area contributed by atoms with Gasteiger partial charge < -0.3 is 50.0 Å². The number of aliphatic carboxylic acids is 1. The van der Waals surface area contributed by atoms with Gasteiger partial charge in [0, 0.05) is 17.2 Å². The summed E-state index contributed by atoms with van der Waals surface area (Å²) >= 11 is 0. The zero-order valence-corrected chi connectivity index (χ0v) is 24.7. The maximum Gasteiger partial charge on any atom is 0.336 e. The molecule has 0 amide bonds. The van der Waals surface area contributed by atoms with Crippen LogP contribution in [-0.2, 0) is 4.79 Å². The number of Topliss-reactive ketones (excluding diaryl/α,β-unsaturated/α-hetero) is 1. The molecule has 0 saturated heterocycles. The average Bonchev–Trinajstić information content (AvgIpc) is 3.03. The van der Waals surface area contributed by atoms with Crippen molar-refractivity contribution < 1.29 is 69.1 Å². The van der Waals surface area contributed by atoms with Gasteiger partial charge in [0.2, 0.25) is 5.75 Å². The lowest BCUT2D eigenvalue weighted by atomic mass is 9.83. The van der Waals surface area contributed by atoms with E-state index in [1.165, 1.54) is 56.7 Å². The second-order valence-electron chi connectivity index (χ2n) is 10.1. The van der Waals surface area contributed by atoms with Gasteiger partial charge in [-0.15, -0.1) is 0 Å². The molecule has 2 atom stereocenters. The van der Waals surface area contributed by atoms with E-state index >= 15 is 0 Å². The number of hydrogen-bond donors (Lipinski definition) is 7. The second kappa shape index (κ2) is 13.7. The number of benzene rings is 4. The highest BCUT2D eigenvalue weighted by molar-refractivity contribution is 6.14. The van der Waals surface area contributed by atoms with E-state index < -0.39 is 64.9 Å². The fourth-order valence-electron chi connectivity index (χ4n) is 4.95. The Balaban J connectivity index is 0.000000223. The number of carboxylic acids is 2. The zero-order valence-electron chi connectivity index (χ0n) is 24.7. The summed E-state index contributed by atoms with van der Waals surface area (Å²) in [6, 6.07) is 14.9. The number of carbonyl (C=O) groups is 4. The van der Waals surface area contributed by atoms with Crippen LogP contribution in [0.4, 0.5) is 0 Å². The number of ketones is 2. The molecule has 0 fully saturated rings. The van der Waals surface area contributed by atoms with Gasteiger partial charge >= 0.3 is 11.9 Å². The minimum atomic E-state index is -1.27. The molecule has 1 aliphatic rings. The molecule has 47 heavy (non-hydrogen) atoms. The van der Waals surface area contributed by atoms with Gasteiger partial charge in [0.05, 0.1) is 32.1 Å². The number of fused-ring (bicyclic) bond motifs is 1. The number of ether oxygens (including phenoxy) is 3. The van der Waals surface area contributed by atoms with Gasteiger partial charge in [0.25, 0.3) is 0 Å². The summed E-state index contributed by atoms with van der Waals surface area (Å²) < 4.78 is 15.5. The monoisotopic (exact) mass is 648 g/mol. The Morgan fingerprint density at radius 1 is 0.766 bits per heavy atom. The third-order valence-electron chi connectivity index (χ3n) is 7.17. The minimum Gasteiger partial charge on any atom is -0.504 e. The van der Waals surface area contributed by atoms with Crippen molar-refractivity contribution in [2.75, 3.05) is 14.2 Å². The van der Waals surface area contributed by atoms with Crippen molar-refractivity contribution in [1.29, 1.82) is 0 Å². The second-order valence-corrected chi connectivity index (χ2v) is 10.1. The molecule has 4 aromatic rings. The summed E-state index contributed by atoms with van der Waals surface area (Å²) in [5.41, 5.74) is 0.134. The lowest BCUT2D eigenvalue weighted by molar-refractivity contribution is -0.138. The molecule has 1 aliphatic heterocycles. The maximum atomic E-state index is 12.9.